The van der Waals surface area contributed by atoms with Crippen LogP contribution in [0.25, 0.3) is 0 Å². The fraction of sp³-hybridized carbons (Fsp3) is 0.200. The number of ether oxygens (including phenoxy) is 2. The molecule has 0 radical (unpaired) electrons. The summed E-state index contributed by atoms with van der Waals surface area (Å²) in [6.45, 7) is 0.226. The topological polar surface area (TPSA) is 110 Å². The van der Waals surface area contributed by atoms with Gasteiger partial charge in [0.15, 0.2) is 5.17 Å². The lowest BCUT2D eigenvalue weighted by Gasteiger charge is -2.12. The van der Waals surface area contributed by atoms with E-state index < -0.39 is 17.1 Å². The summed E-state index contributed by atoms with van der Waals surface area (Å²) in [4.78, 5) is 22.5. The Morgan fingerprint density at radius 1 is 1.32 bits per heavy atom. The van der Waals surface area contributed by atoms with Crippen LogP contribution in [0.3, 0.4) is 0 Å². The number of nitrogens with zero attached hydrogens (tertiary/aromatic N) is 2. The van der Waals surface area contributed by atoms with Crippen LogP contribution >= 0.6 is 39.3 Å². The van der Waals surface area contributed by atoms with Crippen molar-refractivity contribution in [2.24, 2.45) is 10.2 Å². The van der Waals surface area contributed by atoms with Gasteiger partial charge in [0.25, 0.3) is 0 Å². The molecule has 1 aliphatic heterocycles. The Morgan fingerprint density at radius 2 is 2.10 bits per heavy atom. The number of amides is 1. The summed E-state index contributed by atoms with van der Waals surface area (Å²) in [5, 5.41) is 19.3. The van der Waals surface area contributed by atoms with Gasteiger partial charge >= 0.3 is 5.97 Å². The predicted molar refractivity (Wildman–Crippen MR) is 123 cm³/mol. The van der Waals surface area contributed by atoms with Gasteiger partial charge in [-0.1, -0.05) is 39.3 Å². The smallest absolute Gasteiger partial charge is 0.305 e. The molecule has 1 atom stereocenters. The maximum absolute atomic E-state index is 11.7. The van der Waals surface area contributed by atoms with Crippen LogP contribution in [0.1, 0.15) is 17.5 Å². The van der Waals surface area contributed by atoms with Crippen molar-refractivity contribution in [3.63, 3.8) is 0 Å². The number of carbonyl (C=O) groups excluding carboxylic acids is 1. The van der Waals surface area contributed by atoms with Crippen molar-refractivity contribution >= 4 is 62.6 Å². The van der Waals surface area contributed by atoms with E-state index in [1.165, 1.54) is 6.21 Å². The van der Waals surface area contributed by atoms with Gasteiger partial charge in [-0.3, -0.25) is 9.59 Å². The maximum atomic E-state index is 11.7. The highest BCUT2D eigenvalue weighted by molar-refractivity contribution is 9.10. The zero-order valence-electron chi connectivity index (χ0n) is 16.2. The van der Waals surface area contributed by atoms with E-state index in [2.05, 4.69) is 31.4 Å². The number of benzene rings is 2. The third kappa shape index (κ3) is 6.46. The fourth-order valence-corrected chi connectivity index (χ4v) is 4.28. The number of nitrogens with one attached hydrogen (secondary N) is 1. The van der Waals surface area contributed by atoms with E-state index in [0.717, 1.165) is 27.4 Å². The number of halogens is 2. The highest BCUT2D eigenvalue weighted by atomic mass is 79.9. The lowest BCUT2D eigenvalue weighted by Crippen LogP contribution is -2.26. The minimum Gasteiger partial charge on any atom is -0.496 e. The van der Waals surface area contributed by atoms with Crippen LogP contribution in [0, 0.1) is 0 Å². The first kappa shape index (κ1) is 23.1. The molecule has 0 aromatic heterocycles. The Balaban J connectivity index is 1.68. The number of carboxylic acid groups (broad SMARTS) is 1. The first-order chi connectivity index (χ1) is 14.9. The molecule has 0 saturated carbocycles. The third-order valence-electron chi connectivity index (χ3n) is 4.07. The summed E-state index contributed by atoms with van der Waals surface area (Å²) in [7, 11) is 1.57. The number of thioether (sulfide) groups is 1. The second kappa shape index (κ2) is 10.7. The average molecular weight is 527 g/mol. The molecule has 0 bridgehead atoms. The second-order valence-electron chi connectivity index (χ2n) is 6.28. The molecule has 1 aliphatic rings. The molecule has 2 N–H and O–H groups in total. The molecule has 3 rings (SSSR count). The fourth-order valence-electron chi connectivity index (χ4n) is 2.63. The number of hydrogen-bond acceptors (Lipinski definition) is 7. The van der Waals surface area contributed by atoms with Crippen molar-refractivity contribution in [1.29, 1.82) is 0 Å². The summed E-state index contributed by atoms with van der Waals surface area (Å²) in [6, 6.07) is 10.8. The first-order valence-corrected chi connectivity index (χ1v) is 11.0. The molecular weight excluding hydrogens is 510 g/mol. The van der Waals surface area contributed by atoms with Crippen LogP contribution < -0.4 is 14.8 Å². The van der Waals surface area contributed by atoms with Crippen LogP contribution in [-0.2, 0) is 16.2 Å². The van der Waals surface area contributed by atoms with Gasteiger partial charge < -0.3 is 19.9 Å². The summed E-state index contributed by atoms with van der Waals surface area (Å²) >= 11 is 10.6. The number of hydrogen-bond donors (Lipinski definition) is 2. The summed E-state index contributed by atoms with van der Waals surface area (Å²) < 4.78 is 12.1. The molecule has 0 aliphatic carbocycles. The van der Waals surface area contributed by atoms with Crippen molar-refractivity contribution in [3.05, 3.63) is 57.0 Å². The van der Waals surface area contributed by atoms with Crippen molar-refractivity contribution in [2.45, 2.75) is 18.3 Å². The Hall–Kier alpha value is -2.56. The lowest BCUT2D eigenvalue weighted by atomic mass is 10.1. The van der Waals surface area contributed by atoms with Gasteiger partial charge in [-0.2, -0.15) is 5.10 Å². The number of carbonyl (C=O) groups is 2. The van der Waals surface area contributed by atoms with Gasteiger partial charge in [0.2, 0.25) is 5.91 Å². The van der Waals surface area contributed by atoms with E-state index in [1.807, 2.05) is 12.1 Å². The number of carboxylic acids is 1. The highest BCUT2D eigenvalue weighted by Gasteiger charge is 2.32. The van der Waals surface area contributed by atoms with Crippen molar-refractivity contribution in [2.75, 3.05) is 7.11 Å². The van der Waals surface area contributed by atoms with Gasteiger partial charge in [-0.25, -0.2) is 0 Å². The van der Waals surface area contributed by atoms with Gasteiger partial charge in [0.1, 0.15) is 23.4 Å². The van der Waals surface area contributed by atoms with Gasteiger partial charge in [0.05, 0.1) is 24.8 Å². The highest BCUT2D eigenvalue weighted by Crippen LogP contribution is 2.29. The van der Waals surface area contributed by atoms with Crippen molar-refractivity contribution < 1.29 is 24.2 Å². The molecule has 2 aromatic carbocycles. The molecule has 2 aromatic rings. The van der Waals surface area contributed by atoms with E-state index in [1.54, 1.807) is 31.4 Å². The monoisotopic (exact) mass is 525 g/mol. The predicted octanol–water partition coefficient (Wildman–Crippen LogP) is 4.09. The summed E-state index contributed by atoms with van der Waals surface area (Å²) in [5.74, 6) is -0.249. The minimum absolute atomic E-state index is 0.226. The Bertz CT molecular complexity index is 1060. The Morgan fingerprint density at radius 3 is 2.81 bits per heavy atom. The van der Waals surface area contributed by atoms with Crippen LogP contribution in [0.15, 0.2) is 51.1 Å². The molecule has 1 unspecified atom stereocenters. The number of methoxy groups -OCH3 is 1. The molecular formula is C20H17BrClN3O5S. The molecule has 31 heavy (non-hydrogen) atoms. The van der Waals surface area contributed by atoms with Crippen LogP contribution in [0.4, 0.5) is 0 Å². The summed E-state index contributed by atoms with van der Waals surface area (Å²) in [5.41, 5.74) is 1.52. The number of amidine groups is 1. The van der Waals surface area contributed by atoms with Crippen LogP contribution in [0.2, 0.25) is 5.02 Å². The molecule has 11 heteroatoms. The van der Waals surface area contributed by atoms with Gasteiger partial charge in [-0.05, 0) is 42.0 Å². The normalized spacial score (nSPS) is 17.2. The largest absolute Gasteiger partial charge is 0.496 e. The Kier molecular flexibility index (Phi) is 7.94. The Labute approximate surface area is 195 Å². The van der Waals surface area contributed by atoms with E-state index in [9.17, 15) is 9.59 Å². The quantitative estimate of drug-likeness (QED) is 0.396. The van der Waals surface area contributed by atoms with Crippen LogP contribution in [-0.4, -0.2) is 40.7 Å². The van der Waals surface area contributed by atoms with Crippen LogP contribution in [0.5, 0.6) is 11.5 Å². The van der Waals surface area contributed by atoms with Gasteiger partial charge in [0, 0.05) is 10.0 Å². The van der Waals surface area contributed by atoms with E-state index in [0.29, 0.717) is 16.5 Å². The summed E-state index contributed by atoms with van der Waals surface area (Å²) in [6.07, 6.45) is 1.24. The average Bonchev–Trinajstić information content (AvgIpc) is 3.06. The molecule has 0 spiro atoms. The lowest BCUT2D eigenvalue weighted by molar-refractivity contribution is -0.138. The molecule has 8 nitrogen and oxygen atoms in total. The standard InChI is InChI=1S/C20H17BrClN3O5S/c1-29-15-4-2-11(6-12(15)10-30-16-5-3-13(21)7-14(16)22)9-23-25-20-24-19(28)17(31-20)8-18(26)27/h2-7,9,17H,8,10H2,1H3,(H,26,27)(H,24,25,28). The second-order valence-corrected chi connectivity index (χ2v) is 8.79. The molecule has 162 valence electrons. The first-order valence-electron chi connectivity index (χ1n) is 8.91. The van der Waals surface area contributed by atoms with Crippen molar-refractivity contribution in [1.82, 2.24) is 5.32 Å². The van der Waals surface area contributed by atoms with E-state index in [4.69, 9.17) is 26.2 Å². The maximum Gasteiger partial charge on any atom is 0.305 e. The zero-order chi connectivity index (χ0) is 22.4. The number of rotatable bonds is 8. The minimum atomic E-state index is -1.05. The van der Waals surface area contributed by atoms with E-state index >= 15 is 0 Å². The molecule has 1 heterocycles. The SMILES string of the molecule is COc1ccc(C=NN=C2NC(=O)C(CC(=O)O)S2)cc1COc1ccc(Br)cc1Cl. The molecule has 1 saturated heterocycles. The molecule has 1 amide bonds. The number of aliphatic carboxylic acids is 1. The zero-order valence-corrected chi connectivity index (χ0v) is 19.3. The molecule has 1 fully saturated rings. The van der Waals surface area contributed by atoms with Gasteiger partial charge in [-0.15, -0.1) is 5.10 Å². The van der Waals surface area contributed by atoms with E-state index in [-0.39, 0.29) is 18.2 Å². The van der Waals surface area contributed by atoms with Crippen molar-refractivity contribution in [3.8, 4) is 11.5 Å². The third-order valence-corrected chi connectivity index (χ3v) is 5.93.